The van der Waals surface area contributed by atoms with Gasteiger partial charge in [-0.05, 0) is 36.6 Å². The molecule has 0 radical (unpaired) electrons. The summed E-state index contributed by atoms with van der Waals surface area (Å²) in [5, 5.41) is 13.8. The van der Waals surface area contributed by atoms with Crippen molar-refractivity contribution in [3.05, 3.63) is 64.0 Å². The van der Waals surface area contributed by atoms with Crippen LogP contribution in [0.25, 0.3) is 0 Å². The number of nitrogens with one attached hydrogen (secondary N) is 1. The molecule has 0 aliphatic rings. The van der Waals surface area contributed by atoms with Gasteiger partial charge < -0.3 is 10.1 Å². The lowest BCUT2D eigenvalue weighted by molar-refractivity contribution is -0.384. The molecular weight excluding hydrogens is 429 g/mol. The quantitative estimate of drug-likeness (QED) is 0.413. The lowest BCUT2D eigenvalue weighted by Gasteiger charge is -2.24. The van der Waals surface area contributed by atoms with Crippen LogP contribution in [0, 0.1) is 15.9 Å². The van der Waals surface area contributed by atoms with E-state index < -0.39 is 14.9 Å². The Kier molecular flexibility index (Phi) is 8.31. The van der Waals surface area contributed by atoms with Crippen LogP contribution in [0.3, 0.4) is 0 Å². The molecule has 2 aromatic carbocycles. The normalized spacial score (nSPS) is 11.1. The average Bonchev–Trinajstić information content (AvgIpc) is 2.71. The number of methoxy groups -OCH3 is 1. The zero-order chi connectivity index (χ0) is 23.0. The first-order valence-corrected chi connectivity index (χ1v) is 11.3. The topological polar surface area (TPSA) is 119 Å². The second-order valence-corrected chi connectivity index (χ2v) is 8.69. The van der Waals surface area contributed by atoms with Gasteiger partial charge in [0.2, 0.25) is 15.9 Å². The number of nitro groups is 1. The fourth-order valence-electron chi connectivity index (χ4n) is 2.92. The van der Waals surface area contributed by atoms with Gasteiger partial charge in [-0.1, -0.05) is 12.1 Å². The van der Waals surface area contributed by atoms with Crippen molar-refractivity contribution in [1.82, 2.24) is 5.32 Å². The first kappa shape index (κ1) is 24.1. The highest BCUT2D eigenvalue weighted by Crippen LogP contribution is 2.33. The molecule has 0 fully saturated rings. The minimum absolute atomic E-state index is 0.0379. The molecule has 1 N–H and O–H groups in total. The second-order valence-electron chi connectivity index (χ2n) is 6.78. The van der Waals surface area contributed by atoms with Gasteiger partial charge in [-0.2, -0.15) is 0 Å². The Morgan fingerprint density at radius 3 is 2.48 bits per heavy atom. The first-order valence-electron chi connectivity index (χ1n) is 9.43. The summed E-state index contributed by atoms with van der Waals surface area (Å²) in [6.07, 6.45) is 1.77. The highest BCUT2D eigenvalue weighted by atomic mass is 32.2. The van der Waals surface area contributed by atoms with Crippen LogP contribution in [0.4, 0.5) is 15.8 Å². The summed E-state index contributed by atoms with van der Waals surface area (Å²) in [6, 6.07) is 9.64. The third-order valence-electron chi connectivity index (χ3n) is 4.46. The molecule has 11 heteroatoms. The first-order chi connectivity index (χ1) is 14.6. The number of anilines is 1. The molecule has 0 unspecified atom stereocenters. The molecule has 0 aliphatic heterocycles. The third-order valence-corrected chi connectivity index (χ3v) is 5.64. The summed E-state index contributed by atoms with van der Waals surface area (Å²) in [6.45, 7) is 0.306. The summed E-state index contributed by atoms with van der Waals surface area (Å²) in [5.41, 5.74) is 0.640. The number of rotatable bonds is 11. The van der Waals surface area contributed by atoms with Gasteiger partial charge in [-0.25, -0.2) is 12.8 Å². The maximum atomic E-state index is 12.9. The maximum Gasteiger partial charge on any atom is 0.271 e. The van der Waals surface area contributed by atoms with E-state index in [9.17, 15) is 27.7 Å². The minimum Gasteiger partial charge on any atom is -0.495 e. The molecule has 9 nitrogen and oxygen atoms in total. The molecule has 0 atom stereocenters. The van der Waals surface area contributed by atoms with Crippen LogP contribution in [0.15, 0.2) is 42.5 Å². The van der Waals surface area contributed by atoms with E-state index in [-0.39, 0.29) is 48.2 Å². The Balaban J connectivity index is 1.97. The maximum absolute atomic E-state index is 12.9. The van der Waals surface area contributed by atoms with Crippen LogP contribution in [0.2, 0.25) is 0 Å². The van der Waals surface area contributed by atoms with Gasteiger partial charge in [0.25, 0.3) is 5.69 Å². The van der Waals surface area contributed by atoms with Crippen molar-refractivity contribution in [3.63, 3.8) is 0 Å². The summed E-state index contributed by atoms with van der Waals surface area (Å²) < 4.78 is 43.6. The number of hydrogen-bond acceptors (Lipinski definition) is 6. The highest BCUT2D eigenvalue weighted by Gasteiger charge is 2.23. The number of carbonyl (C=O) groups excluding carboxylic acids is 1. The van der Waals surface area contributed by atoms with Crippen molar-refractivity contribution in [3.8, 4) is 5.75 Å². The van der Waals surface area contributed by atoms with Crippen LogP contribution >= 0.6 is 0 Å². The van der Waals surface area contributed by atoms with E-state index in [4.69, 9.17) is 4.74 Å². The average molecular weight is 453 g/mol. The third kappa shape index (κ3) is 7.21. The molecule has 0 bridgehead atoms. The Bertz CT molecular complexity index is 1030. The number of non-ortho nitro benzene ring substituents is 1. The van der Waals surface area contributed by atoms with E-state index in [0.717, 1.165) is 22.2 Å². The number of ether oxygens (including phenoxy) is 1. The standard InChI is InChI=1S/C20H24FN3O6S/c1-30-19-10-9-17(24(26)27)14-18(19)23(31(2,28)29)13-3-4-20(25)22-12-11-15-5-7-16(21)8-6-15/h5-10,14H,3-4,11-13H2,1-2H3,(H,22,25). The molecule has 168 valence electrons. The van der Waals surface area contributed by atoms with E-state index in [1.165, 1.54) is 31.4 Å². The van der Waals surface area contributed by atoms with Gasteiger partial charge in [-0.3, -0.25) is 19.2 Å². The predicted octanol–water partition coefficient (Wildman–Crippen LogP) is 2.65. The second kappa shape index (κ2) is 10.7. The zero-order valence-corrected chi connectivity index (χ0v) is 18.0. The van der Waals surface area contributed by atoms with Crippen molar-refractivity contribution in [2.24, 2.45) is 0 Å². The lowest BCUT2D eigenvalue weighted by Crippen LogP contribution is -2.32. The summed E-state index contributed by atoms with van der Waals surface area (Å²) in [4.78, 5) is 22.5. The number of sulfonamides is 1. The molecule has 0 heterocycles. The fraction of sp³-hybridized carbons (Fsp3) is 0.350. The van der Waals surface area contributed by atoms with E-state index in [0.29, 0.717) is 13.0 Å². The largest absolute Gasteiger partial charge is 0.495 e. The van der Waals surface area contributed by atoms with Crippen molar-refractivity contribution in [2.75, 3.05) is 30.8 Å². The number of nitrogens with zero attached hydrogens (tertiary/aromatic N) is 2. The molecule has 0 aromatic heterocycles. The van der Waals surface area contributed by atoms with E-state index >= 15 is 0 Å². The Labute approximate surface area is 180 Å². The van der Waals surface area contributed by atoms with Crippen LogP contribution in [0.5, 0.6) is 5.75 Å². The number of hydrogen-bond donors (Lipinski definition) is 1. The number of benzene rings is 2. The predicted molar refractivity (Wildman–Crippen MR) is 114 cm³/mol. The number of nitro benzene ring substituents is 1. The number of amides is 1. The van der Waals surface area contributed by atoms with Crippen LogP contribution in [0.1, 0.15) is 18.4 Å². The van der Waals surface area contributed by atoms with Crippen molar-refractivity contribution in [2.45, 2.75) is 19.3 Å². The van der Waals surface area contributed by atoms with Gasteiger partial charge in [0.05, 0.1) is 18.3 Å². The van der Waals surface area contributed by atoms with Gasteiger partial charge in [-0.15, -0.1) is 0 Å². The SMILES string of the molecule is COc1ccc([N+](=O)[O-])cc1N(CCCC(=O)NCCc1ccc(F)cc1)S(C)(=O)=O. The van der Waals surface area contributed by atoms with E-state index in [1.54, 1.807) is 12.1 Å². The molecule has 2 aromatic rings. The molecule has 2 rings (SSSR count). The molecule has 1 amide bonds. The summed E-state index contributed by atoms with van der Waals surface area (Å²) >= 11 is 0. The summed E-state index contributed by atoms with van der Waals surface area (Å²) in [5.74, 6) is -0.426. The Hall–Kier alpha value is -3.21. The molecule has 0 saturated heterocycles. The monoisotopic (exact) mass is 453 g/mol. The van der Waals surface area contributed by atoms with Crippen LogP contribution in [-0.2, 0) is 21.2 Å². The van der Waals surface area contributed by atoms with E-state index in [1.807, 2.05) is 0 Å². The van der Waals surface area contributed by atoms with Crippen molar-refractivity contribution in [1.29, 1.82) is 0 Å². The van der Waals surface area contributed by atoms with Gasteiger partial charge >= 0.3 is 0 Å². The molecule has 0 saturated carbocycles. The number of carbonyl (C=O) groups is 1. The molecular formula is C20H24FN3O6S. The molecule has 31 heavy (non-hydrogen) atoms. The molecule has 0 aliphatic carbocycles. The van der Waals surface area contributed by atoms with Crippen molar-refractivity contribution >= 4 is 27.3 Å². The Morgan fingerprint density at radius 1 is 1.23 bits per heavy atom. The minimum atomic E-state index is -3.78. The highest BCUT2D eigenvalue weighted by molar-refractivity contribution is 7.92. The van der Waals surface area contributed by atoms with Crippen LogP contribution < -0.4 is 14.4 Å². The zero-order valence-electron chi connectivity index (χ0n) is 17.2. The smallest absolute Gasteiger partial charge is 0.271 e. The van der Waals surface area contributed by atoms with Gasteiger partial charge in [0, 0.05) is 31.6 Å². The Morgan fingerprint density at radius 2 is 1.90 bits per heavy atom. The summed E-state index contributed by atoms with van der Waals surface area (Å²) in [7, 11) is -2.45. The lowest BCUT2D eigenvalue weighted by atomic mass is 10.1. The van der Waals surface area contributed by atoms with Gasteiger partial charge in [0.15, 0.2) is 0 Å². The van der Waals surface area contributed by atoms with Crippen molar-refractivity contribution < 1.29 is 27.3 Å². The van der Waals surface area contributed by atoms with E-state index in [2.05, 4.69) is 5.32 Å². The van der Waals surface area contributed by atoms with Gasteiger partial charge in [0.1, 0.15) is 17.3 Å². The molecule has 0 spiro atoms. The number of halogens is 1. The fourth-order valence-corrected chi connectivity index (χ4v) is 3.88. The van der Waals surface area contributed by atoms with Crippen LogP contribution in [-0.4, -0.2) is 45.7 Å².